The van der Waals surface area contributed by atoms with E-state index in [4.69, 9.17) is 9.47 Å². The van der Waals surface area contributed by atoms with Crippen molar-refractivity contribution in [3.8, 4) is 0 Å². The van der Waals surface area contributed by atoms with Gasteiger partial charge in [-0.05, 0) is 70.6 Å². The van der Waals surface area contributed by atoms with Gasteiger partial charge in [0.1, 0.15) is 6.10 Å². The van der Waals surface area contributed by atoms with Gasteiger partial charge in [0.15, 0.2) is 0 Å². The molecular formula is C38H70O4. The van der Waals surface area contributed by atoms with Crippen LogP contribution >= 0.6 is 0 Å². The third-order valence-electron chi connectivity index (χ3n) is 7.69. The predicted octanol–water partition coefficient (Wildman–Crippen LogP) is 11.4. The SMILES string of the molecule is CCCCC/C=C\C/C=C\CCCCCCCCCC(=O)OC(CO)COCCCCCCCC/C=C\CCCCC. The van der Waals surface area contributed by atoms with E-state index in [1.54, 1.807) is 0 Å². The largest absolute Gasteiger partial charge is 0.457 e. The predicted molar refractivity (Wildman–Crippen MR) is 182 cm³/mol. The van der Waals surface area contributed by atoms with Crippen LogP contribution in [0.25, 0.3) is 0 Å². The van der Waals surface area contributed by atoms with Gasteiger partial charge in [0, 0.05) is 13.0 Å². The van der Waals surface area contributed by atoms with Crippen molar-refractivity contribution in [3.63, 3.8) is 0 Å². The molecule has 0 aromatic rings. The number of allylic oxidation sites excluding steroid dienone is 6. The lowest BCUT2D eigenvalue weighted by atomic mass is 10.1. The fraction of sp³-hybridized carbons (Fsp3) is 0.816. The number of aliphatic hydroxyl groups excluding tert-OH is 1. The zero-order valence-corrected chi connectivity index (χ0v) is 28.0. The Bertz CT molecular complexity index is 625. The van der Waals surface area contributed by atoms with Gasteiger partial charge in [0.05, 0.1) is 13.2 Å². The Kier molecular flexibility index (Phi) is 34.6. The first-order chi connectivity index (χ1) is 20.7. The zero-order valence-electron chi connectivity index (χ0n) is 28.0. The molecule has 0 aliphatic rings. The molecule has 1 N–H and O–H groups in total. The molecule has 0 radical (unpaired) electrons. The maximum atomic E-state index is 12.1. The summed E-state index contributed by atoms with van der Waals surface area (Å²) in [5.74, 6) is -0.212. The third kappa shape index (κ3) is 33.1. The van der Waals surface area contributed by atoms with E-state index in [0.717, 1.165) is 25.7 Å². The number of rotatable bonds is 33. The number of hydrogen-bond acceptors (Lipinski definition) is 4. The summed E-state index contributed by atoms with van der Waals surface area (Å²) in [7, 11) is 0. The Morgan fingerprint density at radius 3 is 1.50 bits per heavy atom. The van der Waals surface area contributed by atoms with Crippen LogP contribution in [-0.2, 0) is 14.3 Å². The molecule has 0 bridgehead atoms. The van der Waals surface area contributed by atoms with Crippen molar-refractivity contribution in [2.75, 3.05) is 19.8 Å². The van der Waals surface area contributed by atoms with Crippen molar-refractivity contribution in [2.45, 2.75) is 180 Å². The summed E-state index contributed by atoms with van der Waals surface area (Å²) in [6.07, 6.45) is 43.2. The Labute approximate surface area is 261 Å². The van der Waals surface area contributed by atoms with E-state index in [0.29, 0.717) is 13.0 Å². The molecule has 42 heavy (non-hydrogen) atoms. The molecule has 0 aliphatic heterocycles. The van der Waals surface area contributed by atoms with Crippen LogP contribution in [0.3, 0.4) is 0 Å². The first-order valence-corrected chi connectivity index (χ1v) is 18.1. The second-order valence-electron chi connectivity index (χ2n) is 11.9. The van der Waals surface area contributed by atoms with E-state index in [-0.39, 0.29) is 19.2 Å². The van der Waals surface area contributed by atoms with Crippen LogP contribution in [0.15, 0.2) is 36.5 Å². The zero-order chi connectivity index (χ0) is 30.6. The van der Waals surface area contributed by atoms with Gasteiger partial charge in [-0.15, -0.1) is 0 Å². The van der Waals surface area contributed by atoms with Crippen LogP contribution in [0.4, 0.5) is 0 Å². The number of aliphatic hydroxyl groups is 1. The van der Waals surface area contributed by atoms with E-state index < -0.39 is 6.10 Å². The first kappa shape index (κ1) is 40.6. The molecule has 0 aliphatic carbocycles. The monoisotopic (exact) mass is 591 g/mol. The van der Waals surface area contributed by atoms with Crippen molar-refractivity contribution in [3.05, 3.63) is 36.5 Å². The Balaban J connectivity index is 3.47. The van der Waals surface area contributed by atoms with Crippen molar-refractivity contribution < 1.29 is 19.4 Å². The second-order valence-corrected chi connectivity index (χ2v) is 11.9. The molecule has 0 amide bonds. The maximum absolute atomic E-state index is 12.1. The number of carbonyl (C=O) groups is 1. The van der Waals surface area contributed by atoms with E-state index in [1.807, 2.05) is 0 Å². The molecule has 1 atom stereocenters. The molecule has 0 saturated heterocycles. The molecule has 1 unspecified atom stereocenters. The standard InChI is InChI=1S/C38H70O4/c1-3-5-7-9-11-13-15-17-18-19-20-21-23-25-27-29-31-33-38(40)42-37(35-39)36-41-34-32-30-28-26-24-22-16-14-12-10-8-6-4-2/h11-14,17-18,37,39H,3-10,15-16,19-36H2,1-2H3/b13-11-,14-12-,18-17-. The summed E-state index contributed by atoms with van der Waals surface area (Å²) in [6, 6.07) is 0. The van der Waals surface area contributed by atoms with Gasteiger partial charge in [0.25, 0.3) is 0 Å². The highest BCUT2D eigenvalue weighted by molar-refractivity contribution is 5.69. The molecule has 0 aromatic heterocycles. The highest BCUT2D eigenvalue weighted by atomic mass is 16.6. The molecule has 246 valence electrons. The van der Waals surface area contributed by atoms with Crippen LogP contribution in [0.1, 0.15) is 174 Å². The second kappa shape index (κ2) is 35.8. The Morgan fingerprint density at radius 2 is 1.00 bits per heavy atom. The highest BCUT2D eigenvalue weighted by Crippen LogP contribution is 2.12. The Morgan fingerprint density at radius 1 is 0.571 bits per heavy atom. The summed E-state index contributed by atoms with van der Waals surface area (Å²) < 4.78 is 11.1. The first-order valence-electron chi connectivity index (χ1n) is 18.1. The molecular weight excluding hydrogens is 520 g/mol. The number of ether oxygens (including phenoxy) is 2. The summed E-state index contributed by atoms with van der Waals surface area (Å²) in [5.41, 5.74) is 0. The topological polar surface area (TPSA) is 55.8 Å². The van der Waals surface area contributed by atoms with E-state index in [9.17, 15) is 9.90 Å². The van der Waals surface area contributed by atoms with E-state index in [2.05, 4.69) is 50.3 Å². The molecule has 4 heteroatoms. The molecule has 0 fully saturated rings. The van der Waals surface area contributed by atoms with Crippen LogP contribution in [0, 0.1) is 0 Å². The van der Waals surface area contributed by atoms with Crippen molar-refractivity contribution in [1.82, 2.24) is 0 Å². The fourth-order valence-electron chi connectivity index (χ4n) is 4.94. The number of esters is 1. The average Bonchev–Trinajstić information content (AvgIpc) is 3.00. The molecule has 0 rings (SSSR count). The lowest BCUT2D eigenvalue weighted by molar-refractivity contribution is -0.154. The normalized spacial score (nSPS) is 12.7. The van der Waals surface area contributed by atoms with Gasteiger partial charge >= 0.3 is 5.97 Å². The lowest BCUT2D eigenvalue weighted by Crippen LogP contribution is -2.27. The maximum Gasteiger partial charge on any atom is 0.306 e. The minimum absolute atomic E-state index is 0.177. The number of carbonyl (C=O) groups excluding carboxylic acids is 1. The van der Waals surface area contributed by atoms with Crippen molar-refractivity contribution in [2.24, 2.45) is 0 Å². The summed E-state index contributed by atoms with van der Waals surface area (Å²) in [5, 5.41) is 9.54. The molecule has 4 nitrogen and oxygen atoms in total. The molecule has 0 aromatic carbocycles. The highest BCUT2D eigenvalue weighted by Gasteiger charge is 2.13. The van der Waals surface area contributed by atoms with Crippen LogP contribution in [0.2, 0.25) is 0 Å². The van der Waals surface area contributed by atoms with Gasteiger partial charge < -0.3 is 14.6 Å². The summed E-state index contributed by atoms with van der Waals surface area (Å²) >= 11 is 0. The van der Waals surface area contributed by atoms with Crippen LogP contribution in [-0.4, -0.2) is 37.0 Å². The van der Waals surface area contributed by atoms with Crippen molar-refractivity contribution >= 4 is 5.97 Å². The van der Waals surface area contributed by atoms with E-state index >= 15 is 0 Å². The number of hydrogen-bond donors (Lipinski definition) is 1. The molecule has 0 saturated carbocycles. The van der Waals surface area contributed by atoms with E-state index in [1.165, 1.54) is 128 Å². The average molecular weight is 591 g/mol. The third-order valence-corrected chi connectivity index (χ3v) is 7.69. The molecule has 0 heterocycles. The van der Waals surface area contributed by atoms with Gasteiger partial charge in [-0.1, -0.05) is 134 Å². The quantitative estimate of drug-likeness (QED) is 0.0469. The smallest absolute Gasteiger partial charge is 0.306 e. The number of unbranched alkanes of at least 4 members (excludes halogenated alkanes) is 19. The van der Waals surface area contributed by atoms with Gasteiger partial charge in [-0.3, -0.25) is 4.79 Å². The van der Waals surface area contributed by atoms with Gasteiger partial charge in [-0.25, -0.2) is 0 Å². The Hall–Kier alpha value is -1.39. The summed E-state index contributed by atoms with van der Waals surface area (Å²) in [4.78, 5) is 12.1. The lowest BCUT2D eigenvalue weighted by Gasteiger charge is -2.15. The van der Waals surface area contributed by atoms with Crippen LogP contribution < -0.4 is 0 Å². The van der Waals surface area contributed by atoms with Crippen molar-refractivity contribution in [1.29, 1.82) is 0 Å². The minimum atomic E-state index is -0.539. The molecule has 0 spiro atoms. The summed E-state index contributed by atoms with van der Waals surface area (Å²) in [6.45, 7) is 5.28. The fourth-order valence-corrected chi connectivity index (χ4v) is 4.94. The van der Waals surface area contributed by atoms with Gasteiger partial charge in [-0.2, -0.15) is 0 Å². The van der Waals surface area contributed by atoms with Gasteiger partial charge in [0.2, 0.25) is 0 Å². The minimum Gasteiger partial charge on any atom is -0.457 e. The van der Waals surface area contributed by atoms with Crippen LogP contribution in [0.5, 0.6) is 0 Å².